The number of aromatic nitrogens is 8. The van der Waals surface area contributed by atoms with Gasteiger partial charge in [-0.3, -0.25) is 9.59 Å². The number of fused-ring (bicyclic) bond motifs is 4. The average molecular weight is 1130 g/mol. The number of nitrogens with zero attached hydrogens (tertiary/aromatic N) is 11. The number of nitrogens with two attached hydrogens (primary N) is 3. The first-order valence-electron chi connectivity index (χ1n) is 27.4. The minimum Gasteiger partial charge on any atom is -0.384 e. The predicted molar refractivity (Wildman–Crippen MR) is 344 cm³/mol. The summed E-state index contributed by atoms with van der Waals surface area (Å²) in [7, 11) is 5.88. The Hall–Kier alpha value is -11.0. The summed E-state index contributed by atoms with van der Waals surface area (Å²) >= 11 is 0. The number of nitrogen functional groups attached to an aromatic ring is 3. The van der Waals surface area contributed by atoms with E-state index in [1.165, 1.54) is 31.8 Å². The number of carbonyl (C=O) groups is 2. The molecule has 8 aromatic heterocycles. The molecule has 7 N–H and O–H groups in total. The van der Waals surface area contributed by atoms with Crippen LogP contribution in [0, 0.1) is 5.95 Å². The van der Waals surface area contributed by atoms with Gasteiger partial charge in [0.05, 0.1) is 44.8 Å². The molecule has 0 unspecified atom stereocenters. The zero-order valence-electron chi connectivity index (χ0n) is 48.2. The van der Waals surface area contributed by atoms with Gasteiger partial charge in [0.2, 0.25) is 17.8 Å². The Balaban J connectivity index is 0.000000136. The number of rotatable bonds is 10. The zero-order valence-corrected chi connectivity index (χ0v) is 48.2. The van der Waals surface area contributed by atoms with E-state index in [0.29, 0.717) is 17.5 Å². The molecule has 0 atom stereocenters. The van der Waals surface area contributed by atoms with Crippen LogP contribution in [0.2, 0.25) is 0 Å². The van der Waals surface area contributed by atoms with Crippen molar-refractivity contribution in [2.24, 2.45) is 0 Å². The van der Waals surface area contributed by atoms with Gasteiger partial charge in [-0.05, 0) is 135 Å². The molecule has 0 aliphatic heterocycles. The summed E-state index contributed by atoms with van der Waals surface area (Å²) in [5.74, 6) is 0.881. The minimum absolute atomic E-state index is 0.0155. The van der Waals surface area contributed by atoms with Gasteiger partial charge in [0.15, 0.2) is 0 Å². The van der Waals surface area contributed by atoms with Crippen LogP contribution < -0.4 is 37.2 Å². The number of halogens is 1. The summed E-state index contributed by atoms with van der Waals surface area (Å²) in [4.78, 5) is 63.2. The molecule has 0 radical (unpaired) electrons. The van der Waals surface area contributed by atoms with E-state index in [2.05, 4.69) is 120 Å². The first-order chi connectivity index (χ1) is 41.0. The molecule has 12 rings (SSSR count). The summed E-state index contributed by atoms with van der Waals surface area (Å²) < 4.78 is 12.9. The van der Waals surface area contributed by atoms with E-state index in [-0.39, 0.29) is 11.8 Å². The van der Waals surface area contributed by atoms with Gasteiger partial charge in [0.1, 0.15) is 17.5 Å². The van der Waals surface area contributed by atoms with E-state index >= 15 is 0 Å². The standard InChI is InChI=1S/C17H16FN3.C17H16N4O.C17H18N4.C16H14N4O/c1-3-21(2)14-7-4-12-5-8-15(20-16(12)10-14)13-6-9-17(18)19-11-13;1-11(22)21(2)14-6-3-12-4-7-15(20-16(12)9-14)13-5-8-17(18)19-10-13;1-3-21(2)14-7-4-12-5-8-15(20-16(12)10-14)13-6-9-17(18)19-11-13;1-10(21)19-13-5-2-11-3-6-14(20-15(11)8-13)12-4-7-16(17)18-9-12/h4-11H,3H2,1-2H3;3-10H,1-2H3,(H2,18,19);4-11H,3H2,1-2H3,(H2,18,19);2-9H,1H3,(H2,17,18)(H,19,21). The van der Waals surface area contributed by atoms with E-state index in [4.69, 9.17) is 22.2 Å². The molecule has 426 valence electrons. The van der Waals surface area contributed by atoms with Crippen LogP contribution in [0.3, 0.4) is 0 Å². The maximum atomic E-state index is 12.9. The Morgan fingerprint density at radius 3 is 1.08 bits per heavy atom. The minimum atomic E-state index is -0.480. The van der Waals surface area contributed by atoms with E-state index in [1.807, 2.05) is 97.1 Å². The van der Waals surface area contributed by atoms with Gasteiger partial charge in [-0.2, -0.15) is 4.39 Å². The fraction of sp³-hybridized carbons (Fsp3) is 0.134. The topological polar surface area (TPSA) is 237 Å². The highest BCUT2D eigenvalue weighted by Crippen LogP contribution is 2.29. The van der Waals surface area contributed by atoms with Crippen molar-refractivity contribution < 1.29 is 14.0 Å². The number of amides is 2. The largest absolute Gasteiger partial charge is 0.384 e. The zero-order chi connectivity index (χ0) is 60.1. The Bertz CT molecular complexity index is 4170. The lowest BCUT2D eigenvalue weighted by Crippen LogP contribution is -2.22. The smallest absolute Gasteiger partial charge is 0.223 e. The monoisotopic (exact) mass is 1130 g/mol. The highest BCUT2D eigenvalue weighted by Gasteiger charge is 2.11. The van der Waals surface area contributed by atoms with Crippen LogP contribution in [0.5, 0.6) is 0 Å². The maximum absolute atomic E-state index is 12.9. The van der Waals surface area contributed by atoms with Crippen LogP contribution in [-0.2, 0) is 9.59 Å². The number of carbonyl (C=O) groups excluding carboxylic acids is 2. The van der Waals surface area contributed by atoms with Gasteiger partial charge < -0.3 is 37.2 Å². The predicted octanol–water partition coefficient (Wildman–Crippen LogP) is 12.9. The summed E-state index contributed by atoms with van der Waals surface area (Å²) in [6, 6.07) is 54.0. The molecule has 0 saturated heterocycles. The quantitative estimate of drug-likeness (QED) is 0.0932. The van der Waals surface area contributed by atoms with E-state index in [0.717, 1.165) is 119 Å². The third kappa shape index (κ3) is 14.9. The van der Waals surface area contributed by atoms with Crippen LogP contribution in [0.15, 0.2) is 195 Å². The molecule has 0 aliphatic carbocycles. The number of benzene rings is 4. The fourth-order valence-corrected chi connectivity index (χ4v) is 8.79. The summed E-state index contributed by atoms with van der Waals surface area (Å²) in [6.45, 7) is 9.16. The molecule has 4 aromatic carbocycles. The number of anilines is 7. The van der Waals surface area contributed by atoms with Crippen molar-refractivity contribution in [3.05, 3.63) is 201 Å². The molecule has 85 heavy (non-hydrogen) atoms. The van der Waals surface area contributed by atoms with Gasteiger partial charge in [-0.15, -0.1) is 0 Å². The lowest BCUT2D eigenvalue weighted by atomic mass is 10.1. The van der Waals surface area contributed by atoms with Gasteiger partial charge in [0, 0.05) is 139 Å². The van der Waals surface area contributed by atoms with Crippen molar-refractivity contribution in [3.63, 3.8) is 0 Å². The average Bonchev–Trinajstić information content (AvgIpc) is 3.61. The third-order valence-corrected chi connectivity index (χ3v) is 14.0. The SMILES string of the molecule is CC(=O)N(C)c1ccc2ccc(-c3ccc(N)nc3)nc2c1.CC(=O)Nc1ccc2ccc(-c3ccc(N)nc3)nc2c1.CCN(C)c1ccc2ccc(-c3ccc(F)nc3)nc2c1.CCN(C)c1ccc2ccc(-c3ccc(N)nc3)nc2c1. The van der Waals surface area contributed by atoms with Crippen molar-refractivity contribution in [3.8, 4) is 45.0 Å². The second kappa shape index (κ2) is 26.7. The van der Waals surface area contributed by atoms with Crippen molar-refractivity contribution in [1.82, 2.24) is 39.9 Å². The highest BCUT2D eigenvalue weighted by atomic mass is 19.1. The Kier molecular flexibility index (Phi) is 18.4. The van der Waals surface area contributed by atoms with Crippen molar-refractivity contribution in [2.45, 2.75) is 27.7 Å². The fourth-order valence-electron chi connectivity index (χ4n) is 8.79. The molecule has 8 heterocycles. The number of pyridine rings is 8. The maximum Gasteiger partial charge on any atom is 0.223 e. The summed E-state index contributed by atoms with van der Waals surface area (Å²) in [5.41, 5.74) is 31.2. The lowest BCUT2D eigenvalue weighted by Gasteiger charge is -2.17. The van der Waals surface area contributed by atoms with Crippen LogP contribution in [0.1, 0.15) is 27.7 Å². The van der Waals surface area contributed by atoms with Crippen molar-refractivity contribution in [2.75, 3.05) is 71.5 Å². The van der Waals surface area contributed by atoms with Crippen LogP contribution in [-0.4, -0.2) is 85.9 Å². The van der Waals surface area contributed by atoms with Gasteiger partial charge >= 0.3 is 0 Å². The number of hydrogen-bond acceptors (Lipinski definition) is 15. The van der Waals surface area contributed by atoms with Gasteiger partial charge in [0.25, 0.3) is 0 Å². The van der Waals surface area contributed by atoms with Crippen LogP contribution in [0.4, 0.5) is 44.6 Å². The third-order valence-electron chi connectivity index (χ3n) is 14.0. The van der Waals surface area contributed by atoms with E-state index in [9.17, 15) is 14.0 Å². The molecule has 17 nitrogen and oxygen atoms in total. The second-order valence-corrected chi connectivity index (χ2v) is 19.9. The first-order valence-corrected chi connectivity index (χ1v) is 27.4. The Morgan fingerprint density at radius 1 is 0.424 bits per heavy atom. The Labute approximate surface area is 492 Å². The molecular formula is C67H64FN15O2. The molecule has 0 spiro atoms. The summed E-state index contributed by atoms with van der Waals surface area (Å²) in [5, 5.41) is 7.01. The van der Waals surface area contributed by atoms with E-state index in [1.54, 1.807) is 54.8 Å². The molecule has 12 aromatic rings. The molecular weight excluding hydrogens is 1070 g/mol. The number of hydrogen-bond donors (Lipinski definition) is 4. The molecule has 0 aliphatic rings. The highest BCUT2D eigenvalue weighted by molar-refractivity contribution is 5.95. The normalized spacial score (nSPS) is 10.7. The molecule has 0 bridgehead atoms. The van der Waals surface area contributed by atoms with Crippen LogP contribution in [0.25, 0.3) is 88.6 Å². The van der Waals surface area contributed by atoms with Crippen molar-refractivity contribution in [1.29, 1.82) is 0 Å². The van der Waals surface area contributed by atoms with E-state index < -0.39 is 5.95 Å². The molecule has 18 heteroatoms. The molecule has 0 fully saturated rings. The van der Waals surface area contributed by atoms with Crippen molar-refractivity contribution >= 4 is 95.6 Å². The molecule has 0 saturated carbocycles. The molecule has 2 amide bonds. The number of nitrogens with one attached hydrogen (secondary N) is 1. The van der Waals surface area contributed by atoms with Crippen LogP contribution >= 0.6 is 0 Å². The van der Waals surface area contributed by atoms with Gasteiger partial charge in [-0.25, -0.2) is 39.9 Å². The Morgan fingerprint density at radius 2 is 0.753 bits per heavy atom. The summed E-state index contributed by atoms with van der Waals surface area (Å²) in [6.07, 6.45) is 6.66. The first kappa shape index (κ1) is 58.6. The van der Waals surface area contributed by atoms with Gasteiger partial charge in [-0.1, -0.05) is 48.5 Å². The lowest BCUT2D eigenvalue weighted by molar-refractivity contribution is -0.116. The second-order valence-electron chi connectivity index (χ2n) is 19.9.